The van der Waals surface area contributed by atoms with Gasteiger partial charge in [-0.15, -0.1) is 0 Å². The molecule has 2 N–H and O–H groups in total. The zero-order chi connectivity index (χ0) is 16.4. The zero-order valence-electron chi connectivity index (χ0n) is 11.0. The van der Waals surface area contributed by atoms with E-state index in [2.05, 4.69) is 0 Å². The number of halogens is 6. The van der Waals surface area contributed by atoms with E-state index in [1.807, 2.05) is 0 Å². The van der Waals surface area contributed by atoms with Crippen molar-refractivity contribution >= 4 is 0 Å². The largest absolute Gasteiger partial charge is 0.497 e. The third-order valence-electron chi connectivity index (χ3n) is 2.86. The van der Waals surface area contributed by atoms with Gasteiger partial charge in [0.1, 0.15) is 11.5 Å². The number of hydrogen-bond acceptors (Lipinski definition) is 3. The second-order valence-electron chi connectivity index (χ2n) is 4.19. The molecular formula is C12H13F6NO2. The minimum atomic E-state index is -5.54. The van der Waals surface area contributed by atoms with Crippen molar-refractivity contribution in [1.82, 2.24) is 0 Å². The van der Waals surface area contributed by atoms with Crippen molar-refractivity contribution in [3.8, 4) is 11.5 Å². The molecule has 0 heterocycles. The summed E-state index contributed by atoms with van der Waals surface area (Å²) in [6, 6.07) is 1.16. The summed E-state index contributed by atoms with van der Waals surface area (Å²) in [7, 11) is 2.34. The van der Waals surface area contributed by atoms with E-state index in [4.69, 9.17) is 15.2 Å². The van der Waals surface area contributed by atoms with E-state index < -0.39 is 29.9 Å². The van der Waals surface area contributed by atoms with Gasteiger partial charge in [-0.05, 0) is 18.2 Å². The Morgan fingerprint density at radius 2 is 1.48 bits per heavy atom. The molecule has 0 aromatic heterocycles. The maximum atomic E-state index is 12.7. The lowest BCUT2D eigenvalue weighted by atomic mass is 9.91. The molecule has 21 heavy (non-hydrogen) atoms. The molecule has 0 fully saturated rings. The lowest BCUT2D eigenvalue weighted by Crippen LogP contribution is -2.44. The van der Waals surface area contributed by atoms with Gasteiger partial charge in [0.15, 0.2) is 5.92 Å². The normalized spacial score (nSPS) is 14.2. The molecule has 1 atom stereocenters. The molecule has 0 aliphatic carbocycles. The van der Waals surface area contributed by atoms with Crippen LogP contribution in [0.1, 0.15) is 11.6 Å². The van der Waals surface area contributed by atoms with Gasteiger partial charge in [-0.1, -0.05) is 0 Å². The lowest BCUT2D eigenvalue weighted by molar-refractivity contribution is -0.290. The van der Waals surface area contributed by atoms with Crippen LogP contribution in [0.25, 0.3) is 0 Å². The predicted molar refractivity (Wildman–Crippen MR) is 62.1 cm³/mol. The van der Waals surface area contributed by atoms with Gasteiger partial charge in [-0.3, -0.25) is 0 Å². The molecular weight excluding hydrogens is 304 g/mol. The van der Waals surface area contributed by atoms with Crippen molar-refractivity contribution in [2.75, 3.05) is 14.2 Å². The van der Waals surface area contributed by atoms with E-state index in [0.29, 0.717) is 0 Å². The maximum absolute atomic E-state index is 12.7. The number of benzene rings is 1. The third kappa shape index (κ3) is 3.93. The van der Waals surface area contributed by atoms with E-state index in [1.165, 1.54) is 19.2 Å². The molecule has 0 saturated carbocycles. The molecule has 1 rings (SSSR count). The summed E-state index contributed by atoms with van der Waals surface area (Å²) in [5.74, 6) is -3.81. The lowest BCUT2D eigenvalue weighted by Gasteiger charge is -2.29. The Bertz CT molecular complexity index is 472. The first-order valence-electron chi connectivity index (χ1n) is 5.63. The van der Waals surface area contributed by atoms with Crippen LogP contribution in [-0.2, 0) is 0 Å². The first kappa shape index (κ1) is 17.4. The molecule has 1 aromatic rings. The van der Waals surface area contributed by atoms with Gasteiger partial charge in [0.25, 0.3) is 0 Å². The van der Waals surface area contributed by atoms with Crippen molar-refractivity contribution in [3.05, 3.63) is 23.8 Å². The van der Waals surface area contributed by atoms with Crippen LogP contribution < -0.4 is 15.2 Å². The summed E-state index contributed by atoms with van der Waals surface area (Å²) in [4.78, 5) is 0. The molecule has 9 heteroatoms. The molecule has 0 spiro atoms. The van der Waals surface area contributed by atoms with Crippen LogP contribution in [0, 0.1) is 5.92 Å². The topological polar surface area (TPSA) is 44.5 Å². The van der Waals surface area contributed by atoms with Gasteiger partial charge in [-0.2, -0.15) is 26.3 Å². The summed E-state index contributed by atoms with van der Waals surface area (Å²) >= 11 is 0. The van der Waals surface area contributed by atoms with Crippen molar-refractivity contribution in [3.63, 3.8) is 0 Å². The second kappa shape index (κ2) is 6.00. The minimum Gasteiger partial charge on any atom is -0.497 e. The molecule has 1 unspecified atom stereocenters. The van der Waals surface area contributed by atoms with Crippen LogP contribution in [0.2, 0.25) is 0 Å². The Morgan fingerprint density at radius 3 is 1.86 bits per heavy atom. The molecule has 0 amide bonds. The van der Waals surface area contributed by atoms with Crippen LogP contribution in [-0.4, -0.2) is 26.6 Å². The van der Waals surface area contributed by atoms with Crippen molar-refractivity contribution in [2.45, 2.75) is 18.4 Å². The van der Waals surface area contributed by atoms with Crippen molar-refractivity contribution in [2.24, 2.45) is 11.7 Å². The minimum absolute atomic E-state index is 0.0735. The SMILES string of the molecule is COc1ccc(OC)c(C(N)C(C(F)(F)F)C(F)(F)F)c1. The average Bonchev–Trinajstić information content (AvgIpc) is 2.34. The smallest absolute Gasteiger partial charge is 0.402 e. The number of nitrogens with two attached hydrogens (primary N) is 1. The van der Waals surface area contributed by atoms with Crippen LogP contribution >= 0.6 is 0 Å². The maximum Gasteiger partial charge on any atom is 0.402 e. The van der Waals surface area contributed by atoms with Crippen LogP contribution in [0.3, 0.4) is 0 Å². The predicted octanol–water partition coefficient (Wildman–Crippen LogP) is 3.44. The standard InChI is InChI=1S/C12H13F6NO2/c1-20-6-3-4-8(21-2)7(5-6)9(19)10(11(13,14)15)12(16,17)18/h3-5,9-10H,19H2,1-2H3. The summed E-state index contributed by atoms with van der Waals surface area (Å²) in [6.45, 7) is 0. The molecule has 0 aliphatic heterocycles. The van der Waals surface area contributed by atoms with Crippen molar-refractivity contribution < 1.29 is 35.8 Å². The highest BCUT2D eigenvalue weighted by Gasteiger charge is 2.60. The highest BCUT2D eigenvalue weighted by molar-refractivity contribution is 5.42. The number of ether oxygens (including phenoxy) is 2. The van der Waals surface area contributed by atoms with Gasteiger partial charge in [-0.25, -0.2) is 0 Å². The Labute approximate surface area is 116 Å². The monoisotopic (exact) mass is 317 g/mol. The highest BCUT2D eigenvalue weighted by atomic mass is 19.4. The van der Waals surface area contributed by atoms with Crippen LogP contribution in [0.4, 0.5) is 26.3 Å². The van der Waals surface area contributed by atoms with Gasteiger partial charge in [0.2, 0.25) is 0 Å². The summed E-state index contributed by atoms with van der Waals surface area (Å²) in [5, 5.41) is 0. The third-order valence-corrected chi connectivity index (χ3v) is 2.86. The van der Waals surface area contributed by atoms with E-state index in [0.717, 1.165) is 13.2 Å². The van der Waals surface area contributed by atoms with Gasteiger partial charge >= 0.3 is 12.4 Å². The van der Waals surface area contributed by atoms with E-state index in [1.54, 1.807) is 0 Å². The Kier molecular flexibility index (Phi) is 4.98. The first-order chi connectivity index (χ1) is 9.52. The molecule has 120 valence electrons. The Morgan fingerprint density at radius 1 is 0.952 bits per heavy atom. The molecule has 0 radical (unpaired) electrons. The fourth-order valence-corrected chi connectivity index (χ4v) is 1.87. The average molecular weight is 317 g/mol. The van der Waals surface area contributed by atoms with E-state index >= 15 is 0 Å². The zero-order valence-corrected chi connectivity index (χ0v) is 11.0. The Hall–Kier alpha value is -1.64. The fraction of sp³-hybridized carbons (Fsp3) is 0.500. The van der Waals surface area contributed by atoms with E-state index in [9.17, 15) is 26.3 Å². The number of rotatable bonds is 4. The van der Waals surface area contributed by atoms with Crippen LogP contribution in [0.5, 0.6) is 11.5 Å². The molecule has 3 nitrogen and oxygen atoms in total. The number of methoxy groups -OCH3 is 2. The van der Waals surface area contributed by atoms with Gasteiger partial charge in [0, 0.05) is 5.56 Å². The quantitative estimate of drug-likeness (QED) is 0.865. The van der Waals surface area contributed by atoms with Gasteiger partial charge in [0.05, 0.1) is 20.3 Å². The Balaban J connectivity index is 3.35. The molecule has 0 saturated heterocycles. The highest BCUT2D eigenvalue weighted by Crippen LogP contribution is 2.47. The number of alkyl halides is 6. The van der Waals surface area contributed by atoms with Crippen LogP contribution in [0.15, 0.2) is 18.2 Å². The van der Waals surface area contributed by atoms with Gasteiger partial charge < -0.3 is 15.2 Å². The molecule has 0 aliphatic rings. The molecule has 0 bridgehead atoms. The first-order valence-corrected chi connectivity index (χ1v) is 5.63. The second-order valence-corrected chi connectivity index (χ2v) is 4.19. The summed E-state index contributed by atoms with van der Waals surface area (Å²) in [6.07, 6.45) is -11.1. The van der Waals surface area contributed by atoms with Crippen molar-refractivity contribution in [1.29, 1.82) is 0 Å². The summed E-state index contributed by atoms with van der Waals surface area (Å²) < 4.78 is 85.7. The van der Waals surface area contributed by atoms with E-state index in [-0.39, 0.29) is 11.5 Å². The molecule has 1 aromatic carbocycles. The number of hydrogen-bond donors (Lipinski definition) is 1. The summed E-state index contributed by atoms with van der Waals surface area (Å²) in [5.41, 5.74) is 4.80. The fourth-order valence-electron chi connectivity index (χ4n) is 1.87.